The molecule has 2 aromatic rings. The Balaban J connectivity index is 2.03. The molecule has 0 heterocycles. The zero-order chi connectivity index (χ0) is 21.1. The molecular weight excluding hydrogens is 372 g/mol. The SMILES string of the molecule is CCOC(=O)C=Cc1ccc(N=[N+]([O-])c2ccc(C=CC(=O)OCC)cc2)cc1. The van der Waals surface area contributed by atoms with Crippen molar-refractivity contribution in [2.24, 2.45) is 5.11 Å². The monoisotopic (exact) mass is 394 g/mol. The summed E-state index contributed by atoms with van der Waals surface area (Å²) in [5.74, 6) is -0.829. The number of nitrogens with zero attached hydrogens (tertiary/aromatic N) is 2. The lowest BCUT2D eigenvalue weighted by molar-refractivity contribution is -0.435. The third-order valence-corrected chi connectivity index (χ3v) is 3.61. The van der Waals surface area contributed by atoms with Gasteiger partial charge in [-0.3, -0.25) is 0 Å². The van der Waals surface area contributed by atoms with Gasteiger partial charge in [-0.2, -0.15) is 0 Å². The Morgan fingerprint density at radius 1 is 0.862 bits per heavy atom. The van der Waals surface area contributed by atoms with E-state index in [1.165, 1.54) is 12.2 Å². The molecule has 2 aromatic carbocycles. The minimum atomic E-state index is -0.419. The smallest absolute Gasteiger partial charge is 0.330 e. The molecule has 0 fully saturated rings. The molecule has 0 radical (unpaired) electrons. The van der Waals surface area contributed by atoms with E-state index in [1.54, 1.807) is 74.5 Å². The summed E-state index contributed by atoms with van der Waals surface area (Å²) >= 11 is 0. The van der Waals surface area contributed by atoms with Crippen LogP contribution < -0.4 is 0 Å². The number of carbonyl (C=O) groups is 2. The van der Waals surface area contributed by atoms with Gasteiger partial charge in [0, 0.05) is 29.4 Å². The topological polar surface area (TPSA) is 91.0 Å². The molecule has 7 heteroatoms. The Kier molecular flexibility index (Phi) is 8.31. The molecule has 0 amide bonds. The summed E-state index contributed by atoms with van der Waals surface area (Å²) in [4.78, 5) is 23.1. The zero-order valence-electron chi connectivity index (χ0n) is 16.3. The number of ether oxygens (including phenoxy) is 2. The average molecular weight is 394 g/mol. The molecule has 0 saturated carbocycles. The second-order valence-electron chi connectivity index (χ2n) is 5.73. The van der Waals surface area contributed by atoms with Crippen molar-refractivity contribution in [2.75, 3.05) is 13.2 Å². The first-order valence-electron chi connectivity index (χ1n) is 9.10. The molecule has 0 unspecified atom stereocenters. The van der Waals surface area contributed by atoms with E-state index in [2.05, 4.69) is 5.11 Å². The summed E-state index contributed by atoms with van der Waals surface area (Å²) in [6, 6.07) is 13.5. The van der Waals surface area contributed by atoms with E-state index in [9.17, 15) is 14.8 Å². The van der Waals surface area contributed by atoms with Crippen molar-refractivity contribution in [3.63, 3.8) is 0 Å². The van der Waals surface area contributed by atoms with E-state index in [0.717, 1.165) is 11.1 Å². The first-order chi connectivity index (χ1) is 14.0. The Bertz CT molecular complexity index is 913. The lowest BCUT2D eigenvalue weighted by atomic mass is 10.2. The summed E-state index contributed by atoms with van der Waals surface area (Å²) in [5, 5.41) is 16.2. The summed E-state index contributed by atoms with van der Waals surface area (Å²) in [7, 11) is 0. The standard InChI is InChI=1S/C22H22N2O5/c1-3-28-21(25)15-9-17-5-11-19(12-6-17)23-24(27)20-13-7-18(8-14-20)10-16-22(26)29-4-2/h5-16H,3-4H2,1-2H3. The highest BCUT2D eigenvalue weighted by molar-refractivity contribution is 5.87. The highest BCUT2D eigenvalue weighted by Gasteiger charge is 2.04. The van der Waals surface area contributed by atoms with Crippen molar-refractivity contribution in [2.45, 2.75) is 13.8 Å². The predicted molar refractivity (Wildman–Crippen MR) is 110 cm³/mol. The maximum Gasteiger partial charge on any atom is 0.330 e. The zero-order valence-corrected chi connectivity index (χ0v) is 16.3. The van der Waals surface area contributed by atoms with Crippen LogP contribution in [0.5, 0.6) is 0 Å². The Labute approximate surface area is 169 Å². The fourth-order valence-corrected chi connectivity index (χ4v) is 2.24. The van der Waals surface area contributed by atoms with Crippen molar-refractivity contribution < 1.29 is 23.9 Å². The van der Waals surface area contributed by atoms with Gasteiger partial charge in [0.15, 0.2) is 0 Å². The number of hydrogen-bond acceptors (Lipinski definition) is 6. The Hall–Kier alpha value is -3.74. The fraction of sp³-hybridized carbons (Fsp3) is 0.182. The lowest BCUT2D eigenvalue weighted by Gasteiger charge is -2.01. The molecule has 0 aromatic heterocycles. The number of benzene rings is 2. The molecule has 0 N–H and O–H groups in total. The summed E-state index contributed by atoms with van der Waals surface area (Å²) < 4.78 is 9.63. The molecule has 150 valence electrons. The number of hydrogen-bond donors (Lipinski definition) is 0. The van der Waals surface area contributed by atoms with Crippen molar-refractivity contribution in [1.82, 2.24) is 0 Å². The Morgan fingerprint density at radius 3 is 1.76 bits per heavy atom. The molecule has 0 aliphatic carbocycles. The van der Waals surface area contributed by atoms with Crippen molar-refractivity contribution in [1.29, 1.82) is 0 Å². The second-order valence-corrected chi connectivity index (χ2v) is 5.73. The van der Waals surface area contributed by atoms with E-state index >= 15 is 0 Å². The molecule has 2 rings (SSSR count). The maximum atomic E-state index is 12.2. The molecule has 0 aliphatic heterocycles. The normalized spacial score (nSPS) is 11.7. The lowest BCUT2D eigenvalue weighted by Crippen LogP contribution is -1.98. The van der Waals surface area contributed by atoms with Crippen LogP contribution in [-0.4, -0.2) is 30.0 Å². The van der Waals surface area contributed by atoms with Crippen molar-refractivity contribution in [3.05, 3.63) is 77.0 Å². The largest absolute Gasteiger partial charge is 0.594 e. The molecule has 0 aliphatic rings. The van der Waals surface area contributed by atoms with Crippen LogP contribution >= 0.6 is 0 Å². The predicted octanol–water partition coefficient (Wildman–Crippen LogP) is 4.76. The third-order valence-electron chi connectivity index (χ3n) is 3.61. The van der Waals surface area contributed by atoms with Gasteiger partial charge in [0.05, 0.1) is 13.2 Å². The number of azo groups is 1. The average Bonchev–Trinajstić information content (AvgIpc) is 2.72. The van der Waals surface area contributed by atoms with Gasteiger partial charge in [0.2, 0.25) is 5.69 Å². The van der Waals surface area contributed by atoms with Crippen LogP contribution in [-0.2, 0) is 19.1 Å². The molecular formula is C22H22N2O5. The van der Waals surface area contributed by atoms with Crippen LogP contribution in [0.1, 0.15) is 25.0 Å². The minimum absolute atomic E-state index is 0.317. The van der Waals surface area contributed by atoms with Crippen LogP contribution in [0.2, 0.25) is 0 Å². The molecule has 0 spiro atoms. The van der Waals surface area contributed by atoms with Gasteiger partial charge in [0.25, 0.3) is 0 Å². The van der Waals surface area contributed by atoms with Crippen molar-refractivity contribution in [3.8, 4) is 0 Å². The van der Waals surface area contributed by atoms with Crippen molar-refractivity contribution >= 4 is 35.5 Å². The minimum Gasteiger partial charge on any atom is -0.594 e. The second kappa shape index (κ2) is 11.2. The van der Waals surface area contributed by atoms with Crippen LogP contribution in [0.25, 0.3) is 12.2 Å². The molecule has 0 saturated heterocycles. The van der Waals surface area contributed by atoms with E-state index in [-0.39, 0.29) is 0 Å². The molecule has 0 atom stereocenters. The van der Waals surface area contributed by atoms with E-state index in [1.807, 2.05) is 0 Å². The molecule has 7 nitrogen and oxygen atoms in total. The maximum absolute atomic E-state index is 12.2. The summed E-state index contributed by atoms with van der Waals surface area (Å²) in [6.07, 6.45) is 5.90. The van der Waals surface area contributed by atoms with E-state index in [4.69, 9.17) is 9.47 Å². The van der Waals surface area contributed by atoms with Crippen LogP contribution in [0.3, 0.4) is 0 Å². The first kappa shape index (κ1) is 21.6. The van der Waals surface area contributed by atoms with Crippen LogP contribution in [0.15, 0.2) is 65.8 Å². The van der Waals surface area contributed by atoms with Gasteiger partial charge in [-0.1, -0.05) is 17.0 Å². The van der Waals surface area contributed by atoms with Gasteiger partial charge in [-0.15, -0.1) is 0 Å². The highest BCUT2D eigenvalue weighted by Crippen LogP contribution is 2.19. The number of carbonyl (C=O) groups excluding carboxylic acids is 2. The van der Waals surface area contributed by atoms with Gasteiger partial charge in [0.1, 0.15) is 5.69 Å². The van der Waals surface area contributed by atoms with Gasteiger partial charge < -0.3 is 14.7 Å². The summed E-state index contributed by atoms with van der Waals surface area (Å²) in [6.45, 7) is 4.12. The van der Waals surface area contributed by atoms with E-state index < -0.39 is 11.9 Å². The fourth-order valence-electron chi connectivity index (χ4n) is 2.24. The quantitative estimate of drug-likeness (QED) is 0.212. The van der Waals surface area contributed by atoms with Gasteiger partial charge >= 0.3 is 11.9 Å². The summed E-state index contributed by atoms with van der Waals surface area (Å²) in [5.41, 5.74) is 2.37. The third kappa shape index (κ3) is 7.42. The number of esters is 2. The Morgan fingerprint density at radius 2 is 1.31 bits per heavy atom. The molecule has 0 bridgehead atoms. The highest BCUT2D eigenvalue weighted by atomic mass is 16.5. The number of rotatable bonds is 8. The first-order valence-corrected chi connectivity index (χ1v) is 9.10. The van der Waals surface area contributed by atoms with Crippen LogP contribution in [0, 0.1) is 5.21 Å². The van der Waals surface area contributed by atoms with E-state index in [0.29, 0.717) is 29.4 Å². The van der Waals surface area contributed by atoms with Crippen LogP contribution in [0.4, 0.5) is 11.4 Å². The van der Waals surface area contributed by atoms with Gasteiger partial charge in [-0.25, -0.2) is 9.59 Å². The van der Waals surface area contributed by atoms with Gasteiger partial charge in [-0.05, 0) is 61.4 Å². The molecule has 29 heavy (non-hydrogen) atoms.